The second-order valence-electron chi connectivity index (χ2n) is 4.20. The molecule has 1 heterocycles. The van der Waals surface area contributed by atoms with E-state index >= 15 is 0 Å². The first-order valence-corrected chi connectivity index (χ1v) is 5.99. The van der Waals surface area contributed by atoms with E-state index in [1.807, 2.05) is 24.3 Å². The van der Waals surface area contributed by atoms with E-state index in [1.54, 1.807) is 6.07 Å². The molecule has 0 saturated carbocycles. The van der Waals surface area contributed by atoms with Crippen LogP contribution in [0.15, 0.2) is 54.6 Å². The van der Waals surface area contributed by atoms with E-state index in [1.165, 1.54) is 24.3 Å². The predicted octanol–water partition coefficient (Wildman–Crippen LogP) is 4.04. The highest BCUT2D eigenvalue weighted by atomic mass is 19.1. The molecule has 0 fully saturated rings. The van der Waals surface area contributed by atoms with Crippen LogP contribution in [0.5, 0.6) is 11.6 Å². The summed E-state index contributed by atoms with van der Waals surface area (Å²) in [6, 6.07) is 16.8. The summed E-state index contributed by atoms with van der Waals surface area (Å²) in [6.07, 6.45) is 0. The Labute approximate surface area is 114 Å². The van der Waals surface area contributed by atoms with E-state index in [0.29, 0.717) is 11.3 Å². The predicted molar refractivity (Wildman–Crippen MR) is 72.9 cm³/mol. The average Bonchev–Trinajstić information content (AvgIpc) is 2.49. The molecule has 2 aromatic carbocycles. The van der Waals surface area contributed by atoms with Gasteiger partial charge < -0.3 is 4.74 Å². The quantitative estimate of drug-likeness (QED) is 0.701. The number of aromatic nitrogens is 1. The van der Waals surface area contributed by atoms with E-state index in [9.17, 15) is 9.65 Å². The molecule has 0 aliphatic carbocycles. The Morgan fingerprint density at radius 2 is 1.80 bits per heavy atom. The topological polar surface area (TPSA) is 45.9 Å². The van der Waals surface area contributed by atoms with Gasteiger partial charge in [0, 0.05) is 5.39 Å². The summed E-state index contributed by atoms with van der Waals surface area (Å²) in [5.41, 5.74) is 1.08. The molecular formula is C16H9FN2O. The van der Waals surface area contributed by atoms with Gasteiger partial charge in [0.05, 0.1) is 5.52 Å². The maximum absolute atomic E-state index is 12.9. The number of fused-ring (bicyclic) bond motifs is 1. The number of pyridine rings is 1. The summed E-state index contributed by atoms with van der Waals surface area (Å²) in [4.78, 5) is 4.33. The largest absolute Gasteiger partial charge is 0.438 e. The van der Waals surface area contributed by atoms with Crippen molar-refractivity contribution in [1.82, 2.24) is 4.98 Å². The Balaban J connectivity index is 2.06. The number of nitrogens with zero attached hydrogens (tertiary/aromatic N) is 2. The zero-order valence-electron chi connectivity index (χ0n) is 10.4. The Kier molecular flexibility index (Phi) is 3.02. The molecule has 0 N–H and O–H groups in total. The lowest BCUT2D eigenvalue weighted by Crippen LogP contribution is -1.93. The van der Waals surface area contributed by atoms with E-state index in [-0.39, 0.29) is 11.7 Å². The van der Waals surface area contributed by atoms with Crippen LogP contribution in [0.1, 0.15) is 5.56 Å². The van der Waals surface area contributed by atoms with Crippen molar-refractivity contribution in [2.24, 2.45) is 0 Å². The SMILES string of the molecule is N#Cc1cc2ccccc2nc1Oc1ccc(F)cc1. The van der Waals surface area contributed by atoms with Crippen molar-refractivity contribution in [2.45, 2.75) is 0 Å². The molecule has 20 heavy (non-hydrogen) atoms. The smallest absolute Gasteiger partial charge is 0.237 e. The van der Waals surface area contributed by atoms with Gasteiger partial charge in [-0.1, -0.05) is 18.2 Å². The molecule has 0 bridgehead atoms. The number of benzene rings is 2. The molecule has 3 rings (SSSR count). The summed E-state index contributed by atoms with van der Waals surface area (Å²) in [7, 11) is 0. The van der Waals surface area contributed by atoms with Gasteiger partial charge in [0.2, 0.25) is 5.88 Å². The summed E-state index contributed by atoms with van der Waals surface area (Å²) in [6.45, 7) is 0. The average molecular weight is 264 g/mol. The van der Waals surface area contributed by atoms with Crippen LogP contribution >= 0.6 is 0 Å². The van der Waals surface area contributed by atoms with E-state index in [2.05, 4.69) is 11.1 Å². The van der Waals surface area contributed by atoms with Gasteiger partial charge in [-0.2, -0.15) is 5.26 Å². The molecule has 0 atom stereocenters. The third-order valence-electron chi connectivity index (χ3n) is 2.84. The van der Waals surface area contributed by atoms with E-state index in [0.717, 1.165) is 10.9 Å². The number of hydrogen-bond acceptors (Lipinski definition) is 3. The molecule has 0 spiro atoms. The normalized spacial score (nSPS) is 10.2. The van der Waals surface area contributed by atoms with Gasteiger partial charge in [-0.15, -0.1) is 0 Å². The molecule has 3 aromatic rings. The summed E-state index contributed by atoms with van der Waals surface area (Å²) in [5, 5.41) is 10.0. The van der Waals surface area contributed by atoms with Gasteiger partial charge in [-0.3, -0.25) is 0 Å². The number of para-hydroxylation sites is 1. The Bertz CT molecular complexity index is 807. The van der Waals surface area contributed by atoms with Gasteiger partial charge in [0.15, 0.2) is 0 Å². The monoisotopic (exact) mass is 264 g/mol. The van der Waals surface area contributed by atoms with Gasteiger partial charge in [0.1, 0.15) is 23.2 Å². The fraction of sp³-hybridized carbons (Fsp3) is 0. The van der Waals surface area contributed by atoms with Crippen LogP contribution in [-0.4, -0.2) is 4.98 Å². The lowest BCUT2D eigenvalue weighted by molar-refractivity contribution is 0.462. The Morgan fingerprint density at radius 3 is 2.55 bits per heavy atom. The second-order valence-corrected chi connectivity index (χ2v) is 4.20. The number of halogens is 1. The van der Waals surface area contributed by atoms with Crippen LogP contribution in [0.4, 0.5) is 4.39 Å². The molecule has 0 saturated heterocycles. The Hall–Kier alpha value is -2.93. The summed E-state index contributed by atoms with van der Waals surface area (Å²) < 4.78 is 18.4. The minimum absolute atomic E-state index is 0.220. The second kappa shape index (κ2) is 4.98. The van der Waals surface area contributed by atoms with Crippen LogP contribution in [0.2, 0.25) is 0 Å². The van der Waals surface area contributed by atoms with Crippen molar-refractivity contribution in [3.63, 3.8) is 0 Å². The Morgan fingerprint density at radius 1 is 1.05 bits per heavy atom. The lowest BCUT2D eigenvalue weighted by atomic mass is 10.1. The number of ether oxygens (including phenoxy) is 1. The maximum atomic E-state index is 12.9. The first-order chi connectivity index (χ1) is 9.76. The summed E-state index contributed by atoms with van der Waals surface area (Å²) in [5.74, 6) is 0.313. The van der Waals surface area contributed by atoms with E-state index in [4.69, 9.17) is 4.74 Å². The first kappa shape index (κ1) is 12.1. The van der Waals surface area contributed by atoms with Crippen LogP contribution < -0.4 is 4.74 Å². The number of nitriles is 1. The van der Waals surface area contributed by atoms with Crippen LogP contribution in [-0.2, 0) is 0 Å². The van der Waals surface area contributed by atoms with Crippen LogP contribution in [0, 0.1) is 17.1 Å². The molecule has 0 unspecified atom stereocenters. The van der Waals surface area contributed by atoms with Crippen LogP contribution in [0.3, 0.4) is 0 Å². The van der Waals surface area contributed by atoms with Gasteiger partial charge in [-0.05, 0) is 36.4 Å². The summed E-state index contributed by atoms with van der Waals surface area (Å²) >= 11 is 0. The number of hydrogen-bond donors (Lipinski definition) is 0. The van der Waals surface area contributed by atoms with Crippen molar-refractivity contribution in [1.29, 1.82) is 5.26 Å². The molecule has 0 radical (unpaired) electrons. The zero-order valence-corrected chi connectivity index (χ0v) is 10.4. The fourth-order valence-corrected chi connectivity index (χ4v) is 1.87. The van der Waals surface area contributed by atoms with Gasteiger partial charge in [0.25, 0.3) is 0 Å². The van der Waals surface area contributed by atoms with Gasteiger partial charge >= 0.3 is 0 Å². The standard InChI is InChI=1S/C16H9FN2O/c17-13-5-7-14(8-6-13)20-16-12(10-18)9-11-3-1-2-4-15(11)19-16/h1-9H. The highest BCUT2D eigenvalue weighted by Gasteiger charge is 2.09. The third kappa shape index (κ3) is 2.29. The maximum Gasteiger partial charge on any atom is 0.237 e. The zero-order chi connectivity index (χ0) is 13.9. The van der Waals surface area contributed by atoms with E-state index < -0.39 is 0 Å². The fourth-order valence-electron chi connectivity index (χ4n) is 1.87. The first-order valence-electron chi connectivity index (χ1n) is 5.99. The molecule has 0 aliphatic rings. The minimum atomic E-state index is -0.343. The lowest BCUT2D eigenvalue weighted by Gasteiger charge is -2.07. The molecule has 1 aromatic heterocycles. The molecule has 0 amide bonds. The van der Waals surface area contributed by atoms with Crippen molar-refractivity contribution in [2.75, 3.05) is 0 Å². The van der Waals surface area contributed by atoms with Crippen molar-refractivity contribution < 1.29 is 9.13 Å². The highest BCUT2D eigenvalue weighted by molar-refractivity contribution is 5.80. The van der Waals surface area contributed by atoms with Crippen molar-refractivity contribution in [3.05, 3.63) is 66.0 Å². The molecular weight excluding hydrogens is 255 g/mol. The number of rotatable bonds is 2. The van der Waals surface area contributed by atoms with Gasteiger partial charge in [-0.25, -0.2) is 9.37 Å². The molecule has 0 aliphatic heterocycles. The van der Waals surface area contributed by atoms with Crippen LogP contribution in [0.25, 0.3) is 10.9 Å². The molecule has 4 heteroatoms. The molecule has 96 valence electrons. The van der Waals surface area contributed by atoms with Crippen molar-refractivity contribution >= 4 is 10.9 Å². The third-order valence-corrected chi connectivity index (χ3v) is 2.84. The molecule has 3 nitrogen and oxygen atoms in total. The highest BCUT2D eigenvalue weighted by Crippen LogP contribution is 2.26. The minimum Gasteiger partial charge on any atom is -0.438 e. The van der Waals surface area contributed by atoms with Crippen molar-refractivity contribution in [3.8, 4) is 17.7 Å².